The van der Waals surface area contributed by atoms with E-state index in [-0.39, 0.29) is 18.2 Å². The molecule has 1 fully saturated rings. The first kappa shape index (κ1) is 14.0. The monoisotopic (exact) mass is 300 g/mol. The van der Waals surface area contributed by atoms with E-state index < -0.39 is 11.6 Å². The number of imide groups is 1. The van der Waals surface area contributed by atoms with Crippen LogP contribution < -0.4 is 5.32 Å². The van der Waals surface area contributed by atoms with Crippen LogP contribution in [-0.4, -0.2) is 34.7 Å². The van der Waals surface area contributed by atoms with E-state index >= 15 is 0 Å². The number of carbonyl (C=O) groups excluding carboxylic acids is 3. The summed E-state index contributed by atoms with van der Waals surface area (Å²) in [6.45, 7) is 3.21. The van der Waals surface area contributed by atoms with Gasteiger partial charge in [-0.1, -0.05) is 18.5 Å². The van der Waals surface area contributed by atoms with Crippen molar-refractivity contribution < 1.29 is 14.4 Å². The molecule has 1 aromatic heterocycles. The van der Waals surface area contributed by atoms with Crippen molar-refractivity contribution in [3.05, 3.63) is 21.3 Å². The predicted molar refractivity (Wildman–Crippen MR) is 72.6 cm³/mol. The Morgan fingerprint density at radius 2 is 2.16 bits per heavy atom. The summed E-state index contributed by atoms with van der Waals surface area (Å²) in [5.41, 5.74) is -0.912. The van der Waals surface area contributed by atoms with Gasteiger partial charge in [-0.2, -0.15) is 0 Å². The molecule has 1 N–H and O–H groups in total. The molecule has 0 aromatic carbocycles. The Morgan fingerprint density at radius 1 is 1.47 bits per heavy atom. The van der Waals surface area contributed by atoms with Gasteiger partial charge in [0.2, 0.25) is 0 Å². The number of ketones is 1. The van der Waals surface area contributed by atoms with Crippen LogP contribution in [0.25, 0.3) is 0 Å². The molecule has 2 heterocycles. The first-order chi connectivity index (χ1) is 8.87. The lowest BCUT2D eigenvalue weighted by Gasteiger charge is -2.18. The van der Waals surface area contributed by atoms with E-state index in [9.17, 15) is 14.4 Å². The zero-order chi connectivity index (χ0) is 14.2. The summed E-state index contributed by atoms with van der Waals surface area (Å²) in [6, 6.07) is 2.68. The Hall–Kier alpha value is -1.40. The predicted octanol–water partition coefficient (Wildman–Crippen LogP) is 2.30. The van der Waals surface area contributed by atoms with E-state index in [0.29, 0.717) is 15.6 Å². The minimum absolute atomic E-state index is 0.253. The van der Waals surface area contributed by atoms with Crippen LogP contribution in [0.4, 0.5) is 4.79 Å². The molecular weight excluding hydrogens is 288 g/mol. The second kappa shape index (κ2) is 4.94. The van der Waals surface area contributed by atoms with Gasteiger partial charge in [0.15, 0.2) is 5.78 Å². The maximum atomic E-state index is 12.1. The summed E-state index contributed by atoms with van der Waals surface area (Å²) in [4.78, 5) is 37.2. The average molecular weight is 301 g/mol. The molecule has 0 aliphatic carbocycles. The molecule has 1 aliphatic rings. The normalized spacial score (nSPS) is 22.8. The summed E-state index contributed by atoms with van der Waals surface area (Å²) in [7, 11) is 0. The molecule has 5 nitrogen and oxygen atoms in total. The van der Waals surface area contributed by atoms with Crippen molar-refractivity contribution in [2.75, 3.05) is 6.54 Å². The van der Waals surface area contributed by atoms with Crippen molar-refractivity contribution in [1.82, 2.24) is 10.2 Å². The highest BCUT2D eigenvalue weighted by Crippen LogP contribution is 2.24. The van der Waals surface area contributed by atoms with Crippen LogP contribution in [0.15, 0.2) is 12.1 Å². The fourth-order valence-electron chi connectivity index (χ4n) is 1.82. The van der Waals surface area contributed by atoms with Gasteiger partial charge < -0.3 is 5.32 Å². The summed E-state index contributed by atoms with van der Waals surface area (Å²) in [5.74, 6) is -0.656. The van der Waals surface area contributed by atoms with E-state index in [2.05, 4.69) is 5.32 Å². The standard InChI is InChI=1S/C12H13ClN2O3S/c1-3-12(2)10(17)15(11(18)14-12)6-7(16)8-4-5-9(13)19-8/h4-5H,3,6H2,1-2H3,(H,14,18)/t12-/m0/s1. The molecule has 0 spiro atoms. The molecule has 19 heavy (non-hydrogen) atoms. The maximum absolute atomic E-state index is 12.1. The minimum Gasteiger partial charge on any atom is -0.323 e. The molecule has 0 radical (unpaired) electrons. The van der Waals surface area contributed by atoms with Crippen LogP contribution in [0.1, 0.15) is 29.9 Å². The molecule has 1 saturated heterocycles. The molecule has 102 valence electrons. The lowest BCUT2D eigenvalue weighted by atomic mass is 9.99. The first-order valence-corrected chi connectivity index (χ1v) is 6.99. The fraction of sp³-hybridized carbons (Fsp3) is 0.417. The number of Topliss-reactive ketones (excluding diaryl/α,β-unsaturated/α-hetero) is 1. The van der Waals surface area contributed by atoms with Crippen LogP contribution >= 0.6 is 22.9 Å². The summed E-state index contributed by atoms with van der Waals surface area (Å²) >= 11 is 6.89. The number of nitrogens with one attached hydrogen (secondary N) is 1. The van der Waals surface area contributed by atoms with Crippen molar-refractivity contribution in [1.29, 1.82) is 0 Å². The van der Waals surface area contributed by atoms with E-state index in [1.54, 1.807) is 19.1 Å². The number of hydrogen-bond donors (Lipinski definition) is 1. The van der Waals surface area contributed by atoms with Crippen molar-refractivity contribution in [3.63, 3.8) is 0 Å². The molecule has 1 aromatic rings. The van der Waals surface area contributed by atoms with E-state index in [4.69, 9.17) is 11.6 Å². The number of rotatable bonds is 4. The largest absolute Gasteiger partial charge is 0.325 e. The highest BCUT2D eigenvalue weighted by atomic mass is 35.5. The highest BCUT2D eigenvalue weighted by molar-refractivity contribution is 7.18. The van der Waals surface area contributed by atoms with Gasteiger partial charge in [-0.05, 0) is 25.5 Å². The molecule has 1 atom stereocenters. The van der Waals surface area contributed by atoms with Crippen LogP contribution in [0.3, 0.4) is 0 Å². The van der Waals surface area contributed by atoms with Gasteiger partial charge in [0.25, 0.3) is 5.91 Å². The Bertz CT molecular complexity index is 557. The second-order valence-electron chi connectivity index (χ2n) is 4.53. The van der Waals surface area contributed by atoms with E-state index in [1.165, 1.54) is 0 Å². The van der Waals surface area contributed by atoms with Gasteiger partial charge in [0, 0.05) is 0 Å². The Morgan fingerprint density at radius 3 is 2.63 bits per heavy atom. The van der Waals surface area contributed by atoms with Gasteiger partial charge in [-0.15, -0.1) is 11.3 Å². The lowest BCUT2D eigenvalue weighted by Crippen LogP contribution is -2.43. The number of urea groups is 1. The maximum Gasteiger partial charge on any atom is 0.325 e. The van der Waals surface area contributed by atoms with Gasteiger partial charge in [0.1, 0.15) is 5.54 Å². The third-order valence-electron chi connectivity index (χ3n) is 3.20. The third-order valence-corrected chi connectivity index (χ3v) is 4.47. The molecule has 7 heteroatoms. The SMILES string of the molecule is CC[C@]1(C)NC(=O)N(CC(=O)c2ccc(Cl)s2)C1=O. The highest BCUT2D eigenvalue weighted by Gasteiger charge is 2.47. The second-order valence-corrected chi connectivity index (χ2v) is 6.25. The summed E-state index contributed by atoms with van der Waals surface area (Å²) in [6.07, 6.45) is 0.479. The van der Waals surface area contributed by atoms with Crippen LogP contribution in [0.5, 0.6) is 0 Å². The Labute approximate surface area is 119 Å². The lowest BCUT2D eigenvalue weighted by molar-refractivity contribution is -0.130. The third kappa shape index (κ3) is 2.50. The number of amides is 3. The minimum atomic E-state index is -0.912. The van der Waals surface area contributed by atoms with Crippen molar-refractivity contribution in [2.24, 2.45) is 0 Å². The first-order valence-electron chi connectivity index (χ1n) is 5.80. The topological polar surface area (TPSA) is 66.5 Å². The quantitative estimate of drug-likeness (QED) is 0.685. The van der Waals surface area contributed by atoms with Crippen LogP contribution in [-0.2, 0) is 4.79 Å². The van der Waals surface area contributed by atoms with Crippen molar-refractivity contribution in [2.45, 2.75) is 25.8 Å². The van der Waals surface area contributed by atoms with E-state index in [1.807, 2.05) is 6.92 Å². The van der Waals surface area contributed by atoms with Crippen molar-refractivity contribution in [3.8, 4) is 0 Å². The van der Waals surface area contributed by atoms with Crippen molar-refractivity contribution >= 4 is 40.7 Å². The Kier molecular flexibility index (Phi) is 3.64. The molecule has 0 saturated carbocycles. The molecule has 2 rings (SSSR count). The number of hydrogen-bond acceptors (Lipinski definition) is 4. The Balaban J connectivity index is 2.14. The van der Waals surface area contributed by atoms with E-state index in [0.717, 1.165) is 16.2 Å². The smallest absolute Gasteiger partial charge is 0.323 e. The average Bonchev–Trinajstić information content (AvgIpc) is 2.88. The number of nitrogens with zero attached hydrogens (tertiary/aromatic N) is 1. The zero-order valence-corrected chi connectivity index (χ0v) is 12.1. The molecule has 0 unspecified atom stereocenters. The molecule has 1 aliphatic heterocycles. The number of carbonyl (C=O) groups is 3. The summed E-state index contributed by atoms with van der Waals surface area (Å²) in [5, 5.41) is 2.60. The summed E-state index contributed by atoms with van der Waals surface area (Å²) < 4.78 is 0.499. The van der Waals surface area contributed by atoms with Crippen LogP contribution in [0, 0.1) is 0 Å². The van der Waals surface area contributed by atoms with Gasteiger partial charge in [0.05, 0.1) is 15.8 Å². The number of thiophene rings is 1. The van der Waals surface area contributed by atoms with Gasteiger partial charge in [-0.3, -0.25) is 14.5 Å². The van der Waals surface area contributed by atoms with Crippen LogP contribution in [0.2, 0.25) is 4.34 Å². The fourth-order valence-corrected chi connectivity index (χ4v) is 2.79. The van der Waals surface area contributed by atoms with Gasteiger partial charge in [-0.25, -0.2) is 4.79 Å². The number of halogens is 1. The molecule has 3 amide bonds. The molecule has 0 bridgehead atoms. The van der Waals surface area contributed by atoms with Gasteiger partial charge >= 0.3 is 6.03 Å². The molecular formula is C12H13ClN2O3S. The zero-order valence-electron chi connectivity index (χ0n) is 10.5.